The van der Waals surface area contributed by atoms with Gasteiger partial charge < -0.3 is 65.4 Å². The zero-order valence-corrected chi connectivity index (χ0v) is 45.0. The van der Waals surface area contributed by atoms with E-state index in [-0.39, 0.29) is 43.5 Å². The van der Waals surface area contributed by atoms with Crippen LogP contribution in [0.5, 0.6) is 0 Å². The van der Waals surface area contributed by atoms with Crippen molar-refractivity contribution in [3.63, 3.8) is 0 Å². The van der Waals surface area contributed by atoms with Crippen LogP contribution in [-0.2, 0) is 64.0 Å². The lowest BCUT2D eigenvalue weighted by Crippen LogP contribution is -2.55. The number of aromatic nitrogens is 2. The highest BCUT2D eigenvalue weighted by molar-refractivity contribution is 7.90. The number of sulfone groups is 1. The summed E-state index contributed by atoms with van der Waals surface area (Å²) in [5, 5.41) is 67.5. The molecule has 4 rings (SSSR count). The molecule has 1 aliphatic rings. The van der Waals surface area contributed by atoms with E-state index in [1.54, 1.807) is 53.4 Å². The van der Waals surface area contributed by atoms with Crippen LogP contribution in [0.3, 0.4) is 0 Å². The van der Waals surface area contributed by atoms with E-state index in [9.17, 15) is 67.5 Å². The van der Waals surface area contributed by atoms with Crippen molar-refractivity contribution in [3.05, 3.63) is 54.1 Å². The minimum atomic E-state index is -3.64. The van der Waals surface area contributed by atoms with Crippen molar-refractivity contribution in [2.75, 3.05) is 95.8 Å². The van der Waals surface area contributed by atoms with Crippen LogP contribution in [0.2, 0.25) is 0 Å². The van der Waals surface area contributed by atoms with Crippen molar-refractivity contribution in [1.82, 2.24) is 30.6 Å². The molecular weight excluding hydrogens is 1060 g/mol. The Hall–Kier alpha value is -6.69. The Morgan fingerprint density at radius 2 is 1.21 bits per heavy atom. The number of anilines is 2. The summed E-state index contributed by atoms with van der Waals surface area (Å²) in [7, 11) is -3.64. The number of thiocarbonyl (C=S) groups is 1. The number of amides is 2. The van der Waals surface area contributed by atoms with Gasteiger partial charge in [0, 0.05) is 93.8 Å². The highest BCUT2D eigenvalue weighted by Crippen LogP contribution is 2.37. The van der Waals surface area contributed by atoms with Crippen LogP contribution >= 0.6 is 12.2 Å². The van der Waals surface area contributed by atoms with Gasteiger partial charge in [0.15, 0.2) is 5.11 Å². The molecule has 1 aliphatic carbocycles. The Bertz CT molecular complexity index is 2520. The summed E-state index contributed by atoms with van der Waals surface area (Å²) in [5.74, 6) is -8.03. The van der Waals surface area contributed by atoms with Crippen LogP contribution in [0.15, 0.2) is 58.2 Å². The van der Waals surface area contributed by atoms with Gasteiger partial charge in [0.05, 0.1) is 46.1 Å². The average Bonchev–Trinajstić information content (AvgIpc) is 3.90. The van der Waals surface area contributed by atoms with Crippen molar-refractivity contribution >= 4 is 80.2 Å². The first-order valence-corrected chi connectivity index (χ1v) is 27.6. The van der Waals surface area contributed by atoms with Crippen LogP contribution in [0, 0.1) is 11.8 Å². The number of nitrogens with zero attached hydrogens (tertiary/aromatic N) is 4. The van der Waals surface area contributed by atoms with E-state index in [4.69, 9.17) is 30.8 Å². The minimum absolute atomic E-state index is 0.00617. The highest BCUT2D eigenvalue weighted by atomic mass is 32.2. The molecule has 430 valence electrons. The van der Waals surface area contributed by atoms with E-state index in [1.165, 1.54) is 4.90 Å². The molecule has 0 unspecified atom stereocenters. The van der Waals surface area contributed by atoms with Crippen LogP contribution in [0.1, 0.15) is 69.8 Å². The fourth-order valence-electron chi connectivity index (χ4n) is 8.90. The second-order valence-corrected chi connectivity index (χ2v) is 20.9. The van der Waals surface area contributed by atoms with Crippen molar-refractivity contribution in [3.8, 4) is 11.5 Å². The molecule has 28 heteroatoms. The summed E-state index contributed by atoms with van der Waals surface area (Å²) in [5.41, 5.74) is 2.24. The summed E-state index contributed by atoms with van der Waals surface area (Å²) in [4.78, 5) is 87.3. The van der Waals surface area contributed by atoms with Gasteiger partial charge in [-0.15, -0.1) is 5.10 Å². The Kier molecular flexibility index (Phi) is 27.5. The summed E-state index contributed by atoms with van der Waals surface area (Å²) in [6.45, 7) is 1.24. The second-order valence-electron chi connectivity index (χ2n) is 18.6. The third-order valence-corrected chi connectivity index (χ3v) is 13.4. The maximum atomic E-state index is 12.3. The number of carboxylic acid groups (broad SMARTS) is 5. The van der Waals surface area contributed by atoms with Gasteiger partial charge in [-0.05, 0) is 98.1 Å². The lowest BCUT2D eigenvalue weighted by molar-refractivity contribution is -0.145. The summed E-state index contributed by atoms with van der Waals surface area (Å²) < 4.78 is 45.0. The number of nitrogens with one attached hydrogen (secondary N) is 4. The molecule has 0 aliphatic heterocycles. The zero-order chi connectivity index (χ0) is 57.0. The first-order chi connectivity index (χ1) is 37.2. The van der Waals surface area contributed by atoms with Gasteiger partial charge in [0.1, 0.15) is 0 Å². The third-order valence-electron chi connectivity index (χ3n) is 12.4. The van der Waals surface area contributed by atoms with Gasteiger partial charge >= 0.3 is 35.1 Å². The van der Waals surface area contributed by atoms with Crippen LogP contribution in [0.25, 0.3) is 11.5 Å². The van der Waals surface area contributed by atoms with E-state index in [1.807, 2.05) is 0 Å². The van der Waals surface area contributed by atoms with Crippen LogP contribution < -0.4 is 21.3 Å². The standard InChI is InChI=1S/C50H70N8O18S2/c1-78(71,72)50-56-55-48(76-50)34-10-14-36(15-11-34)53-42(60)17-16-41(59)51-18-4-20-73-22-24-75-25-23-74-21-5-19-52-49(77)54-37-12-8-33(9-13-37)26-38(57(30-45(65)66)31-46(67)68)29-58(32-47(69)70)40-7-3-2-6-39(40)35(27-43(61)62)28-44(63)64/h8-15,35,38-40H,2-7,16-32H2,1H3,(H,51,59)(H,53,60)(H,61,62)(H,63,64)(H,65,66)(H,67,68)(H,69,70)(H2,52,54,77)/t38-,39-,40+/m0/s1. The molecule has 0 saturated heterocycles. The predicted octanol–water partition coefficient (Wildman–Crippen LogP) is 2.68. The molecule has 2 aromatic carbocycles. The van der Waals surface area contributed by atoms with Crippen molar-refractivity contribution < 1.29 is 86.1 Å². The largest absolute Gasteiger partial charge is 0.481 e. The molecule has 9 N–H and O–H groups in total. The number of benzene rings is 2. The van der Waals surface area contributed by atoms with Gasteiger partial charge in [0.2, 0.25) is 27.5 Å². The second kappa shape index (κ2) is 33.6. The molecule has 3 atom stereocenters. The number of hydrogen-bond donors (Lipinski definition) is 9. The third kappa shape index (κ3) is 24.8. The first-order valence-electron chi connectivity index (χ1n) is 25.3. The molecule has 0 radical (unpaired) electrons. The fourth-order valence-corrected chi connectivity index (χ4v) is 9.54. The quantitative estimate of drug-likeness (QED) is 0.0294. The minimum Gasteiger partial charge on any atom is -0.481 e. The number of carbonyl (C=O) groups is 7. The molecule has 1 fully saturated rings. The normalized spacial score (nSPS) is 14.9. The summed E-state index contributed by atoms with van der Waals surface area (Å²) in [6.07, 6.45) is 3.67. The highest BCUT2D eigenvalue weighted by Gasteiger charge is 2.39. The Morgan fingerprint density at radius 3 is 1.76 bits per heavy atom. The summed E-state index contributed by atoms with van der Waals surface area (Å²) >= 11 is 5.46. The zero-order valence-electron chi connectivity index (χ0n) is 43.3. The van der Waals surface area contributed by atoms with Crippen LogP contribution in [-0.4, -0.2) is 198 Å². The van der Waals surface area contributed by atoms with E-state index >= 15 is 0 Å². The smallest absolute Gasteiger partial charge is 0.335 e. The molecule has 0 spiro atoms. The van der Waals surface area contributed by atoms with E-state index in [0.29, 0.717) is 119 Å². The maximum absolute atomic E-state index is 12.3. The Morgan fingerprint density at radius 1 is 0.679 bits per heavy atom. The predicted molar refractivity (Wildman–Crippen MR) is 283 cm³/mol. The van der Waals surface area contributed by atoms with Crippen LogP contribution in [0.4, 0.5) is 11.4 Å². The van der Waals surface area contributed by atoms with Gasteiger partial charge in [-0.3, -0.25) is 43.4 Å². The molecule has 1 heterocycles. The van der Waals surface area contributed by atoms with Gasteiger partial charge in [-0.25, -0.2) is 8.42 Å². The number of ether oxygens (including phenoxy) is 3. The molecule has 1 aromatic heterocycles. The fraction of sp³-hybridized carbons (Fsp3) is 0.560. The number of carboxylic acids is 5. The monoisotopic (exact) mass is 1130 g/mol. The average molecular weight is 1140 g/mol. The molecule has 78 heavy (non-hydrogen) atoms. The van der Waals surface area contributed by atoms with Gasteiger partial charge in [-0.2, -0.15) is 0 Å². The van der Waals surface area contributed by atoms with E-state index < -0.39 is 101 Å². The van der Waals surface area contributed by atoms with Crippen molar-refractivity contribution in [2.45, 2.75) is 87.9 Å². The van der Waals surface area contributed by atoms with E-state index in [0.717, 1.165) is 6.26 Å². The molecule has 1 saturated carbocycles. The maximum Gasteiger partial charge on any atom is 0.335 e. The Balaban J connectivity index is 1.09. The number of carbonyl (C=O) groups excluding carboxylic acids is 2. The summed E-state index contributed by atoms with van der Waals surface area (Å²) in [6, 6.07) is 12.0. The number of aliphatic carboxylic acids is 5. The van der Waals surface area contributed by atoms with Gasteiger partial charge in [0.25, 0.3) is 0 Å². The molecule has 0 bridgehead atoms. The molecule has 3 aromatic rings. The van der Waals surface area contributed by atoms with Crippen molar-refractivity contribution in [2.24, 2.45) is 11.8 Å². The topological polar surface area (TPSA) is 376 Å². The Labute approximate surface area is 456 Å². The number of hydrogen-bond acceptors (Lipinski definition) is 18. The van der Waals surface area contributed by atoms with Crippen molar-refractivity contribution in [1.29, 1.82) is 0 Å². The molecular formula is C50H70N8O18S2. The SMILES string of the molecule is CS(=O)(=O)c1nnc(-c2ccc(NC(=O)CCC(=O)NCCCOCCOCCOCCCNC(=S)Nc3ccc(C[C@@H](CN(CC(=O)O)[C@@H]4CCCC[C@H]4C(CC(=O)O)CC(=O)O)N(CC(=O)O)CC(=O)O)cc3)cc2)o1. The lowest BCUT2D eigenvalue weighted by Gasteiger charge is -2.44. The van der Waals surface area contributed by atoms with E-state index in [2.05, 4.69) is 31.5 Å². The lowest BCUT2D eigenvalue weighted by atomic mass is 9.73. The molecule has 26 nitrogen and oxygen atoms in total. The van der Waals surface area contributed by atoms with Gasteiger partial charge in [-0.1, -0.05) is 30.1 Å². The number of rotatable bonds is 38. The first kappa shape index (κ1) is 63.8. The molecule has 2 amide bonds.